The largest absolute Gasteiger partial charge is 0.480 e. The molecule has 0 amide bonds. The monoisotopic (exact) mass is 230 g/mol. The first-order valence-corrected chi connectivity index (χ1v) is 4.94. The first-order chi connectivity index (χ1) is 6.94. The van der Waals surface area contributed by atoms with Crippen LogP contribution in [-0.4, -0.2) is 33.2 Å². The van der Waals surface area contributed by atoms with E-state index in [1.54, 1.807) is 0 Å². The number of nitrogens with two attached hydrogens (primary N) is 1. The summed E-state index contributed by atoms with van der Waals surface area (Å²) in [5, 5.41) is 19.6. The van der Waals surface area contributed by atoms with E-state index in [2.05, 4.69) is 4.98 Å². The third-order valence-corrected chi connectivity index (χ3v) is 3.04. The van der Waals surface area contributed by atoms with E-state index in [1.807, 2.05) is 0 Å². The van der Waals surface area contributed by atoms with Crippen molar-refractivity contribution in [1.29, 1.82) is 0 Å². The highest BCUT2D eigenvalue weighted by Gasteiger charge is 2.54. The minimum atomic E-state index is -2.16. The Balaban J connectivity index is 3.40. The Morgan fingerprint density at radius 1 is 1.53 bits per heavy atom. The summed E-state index contributed by atoms with van der Waals surface area (Å²) < 4.78 is 0. The van der Waals surface area contributed by atoms with Crippen molar-refractivity contribution in [3.63, 3.8) is 0 Å². The molecule has 0 fully saturated rings. The maximum Gasteiger partial charge on any atom is 0.329 e. The molecule has 1 aromatic rings. The second kappa shape index (κ2) is 3.95. The lowest BCUT2D eigenvalue weighted by Gasteiger charge is -2.26. The first kappa shape index (κ1) is 11.6. The van der Waals surface area contributed by atoms with Gasteiger partial charge in [-0.2, -0.15) is 0 Å². The van der Waals surface area contributed by atoms with Crippen molar-refractivity contribution in [2.45, 2.75) is 18.4 Å². The van der Waals surface area contributed by atoms with E-state index in [1.165, 1.54) is 18.5 Å². The zero-order valence-electron chi connectivity index (χ0n) is 7.88. The molecule has 0 aliphatic heterocycles. The van der Waals surface area contributed by atoms with Crippen molar-refractivity contribution in [3.05, 3.63) is 16.6 Å². The van der Waals surface area contributed by atoms with Gasteiger partial charge in [0.15, 0.2) is 0 Å². The lowest BCUT2D eigenvalue weighted by Crippen LogP contribution is -2.55. The van der Waals surface area contributed by atoms with Gasteiger partial charge in [0.25, 0.3) is 0 Å². The minimum Gasteiger partial charge on any atom is -0.480 e. The van der Waals surface area contributed by atoms with E-state index >= 15 is 0 Å². The number of rotatable bonds is 4. The maximum absolute atomic E-state index is 11.1. The number of aliphatic carboxylic acids is 2. The van der Waals surface area contributed by atoms with Gasteiger partial charge < -0.3 is 15.9 Å². The summed E-state index contributed by atoms with van der Waals surface area (Å²) in [6, 6.07) is -1.07. The molecule has 4 N–H and O–H groups in total. The topological polar surface area (TPSA) is 114 Å². The molecule has 1 heterocycles. The van der Waals surface area contributed by atoms with Gasteiger partial charge in [-0.15, -0.1) is 11.3 Å². The van der Waals surface area contributed by atoms with E-state index in [0.717, 1.165) is 11.3 Å². The van der Waals surface area contributed by atoms with Crippen LogP contribution in [0.15, 0.2) is 11.6 Å². The molecule has 1 rings (SSSR count). The Morgan fingerprint density at radius 3 is 2.33 bits per heavy atom. The van der Waals surface area contributed by atoms with Crippen LogP contribution in [0.1, 0.15) is 11.9 Å². The summed E-state index contributed by atoms with van der Waals surface area (Å²) in [5.74, 6) is -3.00. The SMILES string of the molecule is CC(N)C(C(=O)O)(C(=O)O)c1nccs1. The van der Waals surface area contributed by atoms with Crippen LogP contribution in [-0.2, 0) is 15.0 Å². The molecule has 0 aliphatic rings. The smallest absolute Gasteiger partial charge is 0.329 e. The molecular weight excluding hydrogens is 220 g/mol. The zero-order chi connectivity index (χ0) is 11.6. The lowest BCUT2D eigenvalue weighted by molar-refractivity contribution is -0.158. The number of carboxylic acid groups (broad SMARTS) is 2. The van der Waals surface area contributed by atoms with Crippen LogP contribution in [0.2, 0.25) is 0 Å². The molecule has 1 aromatic heterocycles. The van der Waals surface area contributed by atoms with Gasteiger partial charge in [0.1, 0.15) is 5.01 Å². The first-order valence-electron chi connectivity index (χ1n) is 4.06. The van der Waals surface area contributed by atoms with Crippen molar-refractivity contribution >= 4 is 23.3 Å². The molecule has 7 heteroatoms. The zero-order valence-corrected chi connectivity index (χ0v) is 8.69. The Bertz CT molecular complexity index is 360. The average molecular weight is 230 g/mol. The van der Waals surface area contributed by atoms with Crippen molar-refractivity contribution in [3.8, 4) is 0 Å². The molecule has 15 heavy (non-hydrogen) atoms. The Hall–Kier alpha value is -1.47. The second-order valence-corrected chi connectivity index (χ2v) is 3.94. The fourth-order valence-corrected chi connectivity index (χ4v) is 2.20. The van der Waals surface area contributed by atoms with Gasteiger partial charge in [-0.05, 0) is 6.92 Å². The predicted octanol–water partition coefficient (Wildman–Crippen LogP) is -0.103. The van der Waals surface area contributed by atoms with E-state index in [9.17, 15) is 9.59 Å². The number of aromatic nitrogens is 1. The van der Waals surface area contributed by atoms with Crippen LogP contribution in [0.5, 0.6) is 0 Å². The fraction of sp³-hybridized carbons (Fsp3) is 0.375. The van der Waals surface area contributed by atoms with Crippen LogP contribution in [0.3, 0.4) is 0 Å². The van der Waals surface area contributed by atoms with Gasteiger partial charge in [-0.25, -0.2) is 4.98 Å². The van der Waals surface area contributed by atoms with Gasteiger partial charge >= 0.3 is 11.9 Å². The molecular formula is C8H10N2O4S. The molecule has 0 radical (unpaired) electrons. The van der Waals surface area contributed by atoms with Gasteiger partial charge in [0, 0.05) is 17.6 Å². The number of hydrogen-bond acceptors (Lipinski definition) is 5. The van der Waals surface area contributed by atoms with E-state index in [0.29, 0.717) is 0 Å². The van der Waals surface area contributed by atoms with E-state index in [-0.39, 0.29) is 5.01 Å². The Morgan fingerprint density at radius 2 is 2.07 bits per heavy atom. The minimum absolute atomic E-state index is 0.0162. The number of carboxylic acids is 2. The molecule has 0 saturated carbocycles. The number of nitrogens with zero attached hydrogens (tertiary/aromatic N) is 1. The summed E-state index contributed by atoms with van der Waals surface area (Å²) in [7, 11) is 0. The van der Waals surface area contributed by atoms with Crippen LogP contribution >= 0.6 is 11.3 Å². The fourth-order valence-electron chi connectivity index (χ4n) is 1.28. The third kappa shape index (κ3) is 1.59. The summed E-state index contributed by atoms with van der Waals surface area (Å²) in [6.07, 6.45) is 1.35. The Labute approximate surface area is 89.4 Å². The van der Waals surface area contributed by atoms with Crippen molar-refractivity contribution in [2.24, 2.45) is 5.73 Å². The van der Waals surface area contributed by atoms with E-state index in [4.69, 9.17) is 15.9 Å². The highest BCUT2D eigenvalue weighted by molar-refractivity contribution is 7.10. The molecule has 1 unspecified atom stereocenters. The van der Waals surface area contributed by atoms with Crippen LogP contribution in [0.25, 0.3) is 0 Å². The number of hydrogen-bond donors (Lipinski definition) is 3. The van der Waals surface area contributed by atoms with Gasteiger partial charge in [-0.1, -0.05) is 0 Å². The molecule has 6 nitrogen and oxygen atoms in total. The second-order valence-electron chi connectivity index (χ2n) is 3.04. The quantitative estimate of drug-likeness (QED) is 0.622. The molecule has 82 valence electrons. The molecule has 1 atom stereocenters. The van der Waals surface area contributed by atoms with Crippen LogP contribution in [0, 0.1) is 0 Å². The highest BCUT2D eigenvalue weighted by Crippen LogP contribution is 2.29. The molecule has 0 aliphatic carbocycles. The normalized spacial score (nSPS) is 13.5. The molecule has 0 bridgehead atoms. The maximum atomic E-state index is 11.1. The van der Waals surface area contributed by atoms with Gasteiger partial charge in [0.05, 0.1) is 0 Å². The molecule has 0 aromatic carbocycles. The van der Waals surface area contributed by atoms with Crippen molar-refractivity contribution in [1.82, 2.24) is 4.98 Å². The van der Waals surface area contributed by atoms with Gasteiger partial charge in [0.2, 0.25) is 5.41 Å². The standard InChI is InChI=1S/C8H10N2O4S/c1-4(9)8(6(11)12,7(13)14)5-10-2-3-15-5/h2-4H,9H2,1H3,(H,11,12)(H,13,14). The van der Waals surface area contributed by atoms with Crippen molar-refractivity contribution in [2.75, 3.05) is 0 Å². The van der Waals surface area contributed by atoms with Crippen LogP contribution in [0.4, 0.5) is 0 Å². The summed E-state index contributed by atoms with van der Waals surface area (Å²) in [6.45, 7) is 1.34. The predicted molar refractivity (Wildman–Crippen MR) is 52.7 cm³/mol. The number of thiazole rings is 1. The average Bonchev–Trinajstić information content (AvgIpc) is 2.55. The molecule has 0 saturated heterocycles. The lowest BCUT2D eigenvalue weighted by atomic mass is 9.82. The van der Waals surface area contributed by atoms with E-state index < -0.39 is 23.4 Å². The highest BCUT2D eigenvalue weighted by atomic mass is 32.1. The van der Waals surface area contributed by atoms with Crippen LogP contribution < -0.4 is 5.73 Å². The third-order valence-electron chi connectivity index (χ3n) is 2.13. The van der Waals surface area contributed by atoms with Crippen molar-refractivity contribution < 1.29 is 19.8 Å². The van der Waals surface area contributed by atoms with Gasteiger partial charge in [-0.3, -0.25) is 9.59 Å². The summed E-state index contributed by atoms with van der Waals surface area (Å²) >= 11 is 0.962. The Kier molecular flexibility index (Phi) is 3.06. The summed E-state index contributed by atoms with van der Waals surface area (Å²) in [5.41, 5.74) is 3.31. The molecule has 0 spiro atoms. The number of carbonyl (C=O) groups is 2. The summed E-state index contributed by atoms with van der Waals surface area (Å²) in [4.78, 5) is 25.9.